The van der Waals surface area contributed by atoms with Gasteiger partial charge in [0.2, 0.25) is 0 Å². The summed E-state index contributed by atoms with van der Waals surface area (Å²) in [5.74, 6) is -0.294. The summed E-state index contributed by atoms with van der Waals surface area (Å²) < 4.78 is 43.1. The Morgan fingerprint density at radius 2 is 1.90 bits per heavy atom. The normalized spacial score (nSPS) is 19.8. The van der Waals surface area contributed by atoms with E-state index in [4.69, 9.17) is 9.47 Å². The van der Waals surface area contributed by atoms with E-state index in [1.54, 1.807) is 18.5 Å². The van der Waals surface area contributed by atoms with Crippen LogP contribution in [-0.4, -0.2) is 32.8 Å². The number of hydrogen-bond donors (Lipinski definition) is 2. The zero-order valence-corrected chi connectivity index (χ0v) is 29.7. The summed E-state index contributed by atoms with van der Waals surface area (Å²) in [4.78, 5) is 24.6. The third-order valence-corrected chi connectivity index (χ3v) is 11.0. The molecular formula is C40H45F2N3O3S. The van der Waals surface area contributed by atoms with Gasteiger partial charge in [0.25, 0.3) is 0 Å². The van der Waals surface area contributed by atoms with Gasteiger partial charge in [0.15, 0.2) is 11.6 Å². The van der Waals surface area contributed by atoms with E-state index in [9.17, 15) is 4.79 Å². The van der Waals surface area contributed by atoms with E-state index in [-0.39, 0.29) is 35.1 Å². The van der Waals surface area contributed by atoms with Gasteiger partial charge in [-0.2, -0.15) is 0 Å². The van der Waals surface area contributed by atoms with E-state index < -0.39 is 22.3 Å². The number of aryl methyl sites for hydroxylation is 1. The first-order valence-corrected chi connectivity index (χ1v) is 18.3. The van der Waals surface area contributed by atoms with Gasteiger partial charge in [-0.05, 0) is 80.3 Å². The molecule has 0 spiro atoms. The number of nitrogens with zero attached hydrogens (tertiary/aromatic N) is 1. The van der Waals surface area contributed by atoms with Crippen LogP contribution in [0, 0.1) is 17.0 Å². The van der Waals surface area contributed by atoms with Crippen molar-refractivity contribution in [2.45, 2.75) is 89.6 Å². The number of benzene rings is 3. The van der Waals surface area contributed by atoms with Crippen LogP contribution in [0.5, 0.6) is 11.5 Å². The summed E-state index contributed by atoms with van der Waals surface area (Å²) in [6, 6.07) is 16.3. The molecule has 0 fully saturated rings. The number of nitrogens with one attached hydrogen (secondary N) is 2. The molecule has 0 saturated heterocycles. The molecule has 2 N–H and O–H groups in total. The second kappa shape index (κ2) is 14.4. The fraction of sp³-hybridized carbons (Fsp3) is 0.400. The Labute approximate surface area is 291 Å². The van der Waals surface area contributed by atoms with E-state index in [0.29, 0.717) is 29.1 Å². The van der Waals surface area contributed by atoms with Crippen LogP contribution in [-0.2, 0) is 27.1 Å². The highest BCUT2D eigenvalue weighted by Gasteiger charge is 2.35. The average Bonchev–Trinajstić information content (AvgIpc) is 3.75. The number of esters is 1. The number of aromatic amines is 2. The number of carbonyl (C=O) groups excluding carboxylic acids is 1. The zero-order valence-electron chi connectivity index (χ0n) is 28.9. The van der Waals surface area contributed by atoms with Crippen LogP contribution in [0.4, 0.5) is 8.78 Å². The Kier molecular flexibility index (Phi) is 10.2. The molecule has 6 rings (SSSR count). The Balaban J connectivity index is 1.48. The van der Waals surface area contributed by atoms with Gasteiger partial charge in [-0.1, -0.05) is 57.9 Å². The molecule has 0 aliphatic carbocycles. The number of imidazole rings is 1. The zero-order chi connectivity index (χ0) is 34.8. The standard InChI is InChI=1S/C40H45F2N3O3S/c1-6-10-25-11-8-12-26(19-25)40(5)17-9-16-39(3,4)22-34(38(46)47-7-2)49-24-30-28-15-18-43-33(28)21-32(42)36(30)48-27-13-14-31(41)29(20-27)37-44-23-35(40)45-37/h8,11-15,18-21,23,34,43H,6-7,9-10,16-17,22,24H2,1-5H3,(H,44,45). The van der Waals surface area contributed by atoms with Gasteiger partial charge < -0.3 is 19.4 Å². The first-order chi connectivity index (χ1) is 23.5. The minimum absolute atomic E-state index is 0.0415. The Hall–Kier alpha value is -4.11. The number of aromatic nitrogens is 3. The van der Waals surface area contributed by atoms with Crippen LogP contribution < -0.4 is 4.74 Å². The van der Waals surface area contributed by atoms with Crippen molar-refractivity contribution < 1.29 is 23.0 Å². The molecule has 258 valence electrons. The van der Waals surface area contributed by atoms with Gasteiger partial charge in [-0.25, -0.2) is 13.8 Å². The van der Waals surface area contributed by atoms with Crippen molar-refractivity contribution >= 4 is 28.6 Å². The van der Waals surface area contributed by atoms with Crippen molar-refractivity contribution in [3.63, 3.8) is 0 Å². The van der Waals surface area contributed by atoms with Crippen molar-refractivity contribution in [3.05, 3.63) is 101 Å². The lowest BCUT2D eigenvalue weighted by Crippen LogP contribution is -2.29. The number of carbonyl (C=O) groups is 1. The largest absolute Gasteiger partial charge is 0.465 e. The van der Waals surface area contributed by atoms with Crippen molar-refractivity contribution in [3.8, 4) is 22.9 Å². The van der Waals surface area contributed by atoms with Crippen LogP contribution in [0.2, 0.25) is 0 Å². The molecule has 2 aromatic heterocycles. The van der Waals surface area contributed by atoms with Crippen LogP contribution in [0.15, 0.2) is 67.0 Å². The van der Waals surface area contributed by atoms with Crippen LogP contribution in [0.3, 0.4) is 0 Å². The molecule has 9 heteroatoms. The molecule has 0 saturated carbocycles. The predicted molar refractivity (Wildman–Crippen MR) is 193 cm³/mol. The maximum Gasteiger partial charge on any atom is 0.319 e. The van der Waals surface area contributed by atoms with Gasteiger partial charge in [-0.15, -0.1) is 11.8 Å². The first-order valence-electron chi connectivity index (χ1n) is 17.2. The fourth-order valence-electron chi connectivity index (χ4n) is 7.03. The summed E-state index contributed by atoms with van der Waals surface area (Å²) in [6.07, 6.45) is 8.74. The van der Waals surface area contributed by atoms with Gasteiger partial charge in [-0.3, -0.25) is 4.79 Å². The average molecular weight is 686 g/mol. The third-order valence-electron chi connectivity index (χ3n) is 9.80. The smallest absolute Gasteiger partial charge is 0.319 e. The number of halogens is 2. The van der Waals surface area contributed by atoms with E-state index >= 15 is 8.78 Å². The van der Waals surface area contributed by atoms with E-state index in [0.717, 1.165) is 43.2 Å². The van der Waals surface area contributed by atoms with Crippen molar-refractivity contribution in [2.75, 3.05) is 6.61 Å². The maximum atomic E-state index is 15.8. The molecule has 2 atom stereocenters. The molecule has 49 heavy (non-hydrogen) atoms. The SMILES string of the molecule is CCCc1cccc(C2(C)CCCC(C)(C)CC(C(=O)OCC)SCc3c(c(F)cc4[nH]ccc34)Oc3ccc(F)c(c3)-c3ncc2[nH]3)c1. The minimum atomic E-state index is -0.555. The summed E-state index contributed by atoms with van der Waals surface area (Å²) in [6.45, 7) is 10.9. The van der Waals surface area contributed by atoms with Crippen molar-refractivity contribution in [1.29, 1.82) is 0 Å². The summed E-state index contributed by atoms with van der Waals surface area (Å²) in [5.41, 5.74) is 4.15. The third kappa shape index (κ3) is 7.42. The van der Waals surface area contributed by atoms with Crippen molar-refractivity contribution in [2.24, 2.45) is 5.41 Å². The molecule has 3 heterocycles. The molecule has 6 nitrogen and oxygen atoms in total. The van der Waals surface area contributed by atoms with Crippen LogP contribution in [0.1, 0.15) is 89.1 Å². The molecule has 3 aromatic carbocycles. The highest BCUT2D eigenvalue weighted by atomic mass is 32.2. The van der Waals surface area contributed by atoms with Gasteiger partial charge in [0.1, 0.15) is 22.6 Å². The highest BCUT2D eigenvalue weighted by molar-refractivity contribution is 7.99. The number of thioether (sulfide) groups is 1. The molecule has 1 aliphatic heterocycles. The van der Waals surface area contributed by atoms with E-state index in [2.05, 4.69) is 66.9 Å². The number of ether oxygens (including phenoxy) is 2. The maximum absolute atomic E-state index is 15.8. The van der Waals surface area contributed by atoms with E-state index in [1.807, 2.05) is 13.0 Å². The number of fused-ring (bicyclic) bond motifs is 8. The second-order valence-electron chi connectivity index (χ2n) is 14.1. The molecule has 2 unspecified atom stereocenters. The minimum Gasteiger partial charge on any atom is -0.465 e. The summed E-state index contributed by atoms with van der Waals surface area (Å²) in [5, 5.41) is 0.323. The lowest BCUT2D eigenvalue weighted by molar-refractivity contribution is -0.143. The predicted octanol–water partition coefficient (Wildman–Crippen LogP) is 10.7. The summed E-state index contributed by atoms with van der Waals surface area (Å²) >= 11 is 1.44. The van der Waals surface area contributed by atoms with Gasteiger partial charge in [0.05, 0.1) is 12.2 Å². The van der Waals surface area contributed by atoms with Crippen LogP contribution >= 0.6 is 11.8 Å². The van der Waals surface area contributed by atoms with Crippen LogP contribution in [0.25, 0.3) is 22.3 Å². The molecule has 5 aromatic rings. The monoisotopic (exact) mass is 685 g/mol. The number of rotatable bonds is 5. The molecule has 4 bridgehead atoms. The molecule has 0 radical (unpaired) electrons. The lowest BCUT2D eigenvalue weighted by atomic mass is 9.73. The highest BCUT2D eigenvalue weighted by Crippen LogP contribution is 2.43. The first kappa shape index (κ1) is 34.7. The van der Waals surface area contributed by atoms with Gasteiger partial charge in [0, 0.05) is 51.8 Å². The fourth-order valence-corrected chi connectivity index (χ4v) is 8.46. The Morgan fingerprint density at radius 3 is 2.69 bits per heavy atom. The van der Waals surface area contributed by atoms with Crippen molar-refractivity contribution in [1.82, 2.24) is 15.0 Å². The Bertz CT molecular complexity index is 1950. The number of H-pyrrole nitrogens is 2. The van der Waals surface area contributed by atoms with E-state index in [1.165, 1.54) is 41.1 Å². The number of hydrogen-bond acceptors (Lipinski definition) is 5. The summed E-state index contributed by atoms with van der Waals surface area (Å²) in [7, 11) is 0. The topological polar surface area (TPSA) is 80.0 Å². The quantitative estimate of drug-likeness (QED) is 0.180. The molecule has 1 aliphatic rings. The lowest BCUT2D eigenvalue weighted by Gasteiger charge is -2.33. The molecular weight excluding hydrogens is 641 g/mol. The second-order valence-corrected chi connectivity index (χ2v) is 15.2. The molecule has 0 amide bonds. The van der Waals surface area contributed by atoms with Gasteiger partial charge >= 0.3 is 5.97 Å². The Morgan fingerprint density at radius 1 is 1.06 bits per heavy atom.